The van der Waals surface area contributed by atoms with E-state index >= 15 is 0 Å². The van der Waals surface area contributed by atoms with Crippen molar-refractivity contribution >= 4 is 16.8 Å². The van der Waals surface area contributed by atoms with Crippen molar-refractivity contribution in [3.63, 3.8) is 0 Å². The molecular weight excluding hydrogens is 230 g/mol. The predicted octanol–water partition coefficient (Wildman–Crippen LogP) is 1.04. The van der Waals surface area contributed by atoms with Crippen LogP contribution < -0.4 is 11.2 Å². The molecule has 4 N–H and O–H groups in total. The number of hydrogen-bond donors (Lipinski definition) is 3. The molecule has 5 heteroatoms. The number of nitrogens with two attached hydrogens (primary N) is 1. The molecular formula is C13H17N3O2. The maximum Gasteiger partial charge on any atom is 0.260 e. The molecule has 0 aliphatic heterocycles. The lowest BCUT2D eigenvalue weighted by atomic mass is 10.1. The third-order valence-electron chi connectivity index (χ3n) is 3.10. The van der Waals surface area contributed by atoms with E-state index in [9.17, 15) is 4.79 Å². The molecule has 1 amide bonds. The van der Waals surface area contributed by atoms with E-state index in [4.69, 9.17) is 10.9 Å². The van der Waals surface area contributed by atoms with E-state index in [1.807, 2.05) is 30.5 Å². The van der Waals surface area contributed by atoms with Crippen molar-refractivity contribution in [2.45, 2.75) is 25.9 Å². The highest BCUT2D eigenvalue weighted by molar-refractivity contribution is 5.86. The summed E-state index contributed by atoms with van der Waals surface area (Å²) in [6.07, 6.45) is 2.41. The van der Waals surface area contributed by atoms with Gasteiger partial charge in [0.25, 0.3) is 5.91 Å². The van der Waals surface area contributed by atoms with Crippen LogP contribution >= 0.6 is 0 Å². The molecule has 5 nitrogen and oxygen atoms in total. The molecule has 1 aromatic carbocycles. The van der Waals surface area contributed by atoms with Crippen molar-refractivity contribution in [2.75, 3.05) is 0 Å². The fourth-order valence-corrected chi connectivity index (χ4v) is 2.16. The number of rotatable bonds is 4. The van der Waals surface area contributed by atoms with Gasteiger partial charge in [-0.2, -0.15) is 0 Å². The van der Waals surface area contributed by atoms with Crippen molar-refractivity contribution in [3.8, 4) is 0 Å². The van der Waals surface area contributed by atoms with Gasteiger partial charge in [0.2, 0.25) is 0 Å². The van der Waals surface area contributed by atoms with Gasteiger partial charge in [-0.15, -0.1) is 0 Å². The van der Waals surface area contributed by atoms with Crippen molar-refractivity contribution in [1.82, 2.24) is 10.0 Å². The monoisotopic (exact) mass is 247 g/mol. The number of hydroxylamine groups is 1. The minimum atomic E-state index is -0.744. The van der Waals surface area contributed by atoms with Gasteiger partial charge < -0.3 is 10.3 Å². The van der Waals surface area contributed by atoms with Gasteiger partial charge in [0.15, 0.2) is 0 Å². The lowest BCUT2D eigenvalue weighted by molar-refractivity contribution is -0.130. The highest BCUT2D eigenvalue weighted by Gasteiger charge is 2.16. The van der Waals surface area contributed by atoms with E-state index < -0.39 is 11.9 Å². The second-order valence-electron chi connectivity index (χ2n) is 4.24. The Hall–Kier alpha value is -1.85. The fraction of sp³-hybridized carbons (Fsp3) is 0.308. The number of benzene rings is 1. The zero-order valence-corrected chi connectivity index (χ0v) is 10.3. The topological polar surface area (TPSA) is 80.3 Å². The largest absolute Gasteiger partial charge is 0.347 e. The van der Waals surface area contributed by atoms with Crippen LogP contribution in [0.1, 0.15) is 12.5 Å². The maximum absolute atomic E-state index is 11.2. The SMILES string of the molecule is CCn1cc(C[C@H](N)C(=O)NO)c2ccccc21. The number of nitrogens with zero attached hydrogens (tertiary/aromatic N) is 1. The molecule has 1 atom stereocenters. The van der Waals surface area contributed by atoms with Gasteiger partial charge in [0.05, 0.1) is 6.04 Å². The van der Waals surface area contributed by atoms with E-state index in [2.05, 4.69) is 11.5 Å². The van der Waals surface area contributed by atoms with Gasteiger partial charge in [-0.3, -0.25) is 10.0 Å². The Morgan fingerprint density at radius 1 is 1.50 bits per heavy atom. The first kappa shape index (κ1) is 12.6. The summed E-state index contributed by atoms with van der Waals surface area (Å²) in [6.45, 7) is 2.93. The van der Waals surface area contributed by atoms with Crippen LogP contribution in [-0.2, 0) is 17.8 Å². The summed E-state index contributed by atoms with van der Waals surface area (Å²) >= 11 is 0. The molecule has 1 heterocycles. The van der Waals surface area contributed by atoms with Crippen LogP contribution in [0.15, 0.2) is 30.5 Å². The van der Waals surface area contributed by atoms with Crippen LogP contribution in [0.4, 0.5) is 0 Å². The second kappa shape index (κ2) is 5.20. The first-order valence-corrected chi connectivity index (χ1v) is 5.93. The Balaban J connectivity index is 2.36. The van der Waals surface area contributed by atoms with Crippen LogP contribution in [0.2, 0.25) is 0 Å². The van der Waals surface area contributed by atoms with E-state index in [0.717, 1.165) is 23.0 Å². The molecule has 2 rings (SSSR count). The van der Waals surface area contributed by atoms with Gasteiger partial charge in [-0.05, 0) is 25.0 Å². The van der Waals surface area contributed by atoms with Gasteiger partial charge >= 0.3 is 0 Å². The van der Waals surface area contributed by atoms with Crippen molar-refractivity contribution in [2.24, 2.45) is 5.73 Å². The van der Waals surface area contributed by atoms with E-state index in [1.54, 1.807) is 5.48 Å². The predicted molar refractivity (Wildman–Crippen MR) is 69.2 cm³/mol. The number of aromatic nitrogens is 1. The Morgan fingerprint density at radius 2 is 2.22 bits per heavy atom. The normalized spacial score (nSPS) is 12.6. The molecule has 0 saturated carbocycles. The number of carbonyl (C=O) groups is 1. The average molecular weight is 247 g/mol. The molecule has 1 aromatic heterocycles. The van der Waals surface area contributed by atoms with Crippen molar-refractivity contribution in [3.05, 3.63) is 36.0 Å². The second-order valence-corrected chi connectivity index (χ2v) is 4.24. The third kappa shape index (κ3) is 2.23. The molecule has 0 bridgehead atoms. The lowest BCUT2D eigenvalue weighted by Crippen LogP contribution is -2.40. The van der Waals surface area contributed by atoms with Crippen molar-refractivity contribution < 1.29 is 10.0 Å². The van der Waals surface area contributed by atoms with Gasteiger partial charge in [-0.1, -0.05) is 18.2 Å². The molecule has 18 heavy (non-hydrogen) atoms. The summed E-state index contributed by atoms with van der Waals surface area (Å²) in [6, 6.07) is 7.26. The number of amides is 1. The first-order chi connectivity index (χ1) is 8.67. The van der Waals surface area contributed by atoms with E-state index in [1.165, 1.54) is 0 Å². The van der Waals surface area contributed by atoms with Crippen LogP contribution in [0.5, 0.6) is 0 Å². The number of para-hydroxylation sites is 1. The van der Waals surface area contributed by atoms with Crippen LogP contribution in [0, 0.1) is 0 Å². The first-order valence-electron chi connectivity index (χ1n) is 5.93. The summed E-state index contributed by atoms with van der Waals surface area (Å²) in [5, 5.41) is 9.66. The smallest absolute Gasteiger partial charge is 0.260 e. The highest BCUT2D eigenvalue weighted by atomic mass is 16.5. The lowest BCUT2D eigenvalue weighted by Gasteiger charge is -2.07. The highest BCUT2D eigenvalue weighted by Crippen LogP contribution is 2.22. The number of fused-ring (bicyclic) bond motifs is 1. The molecule has 0 spiro atoms. The Kier molecular flexibility index (Phi) is 3.64. The quantitative estimate of drug-likeness (QED) is 0.557. The molecule has 96 valence electrons. The number of carbonyl (C=O) groups excluding carboxylic acids is 1. The zero-order chi connectivity index (χ0) is 13.1. The zero-order valence-electron chi connectivity index (χ0n) is 10.3. The number of aryl methyl sites for hydroxylation is 1. The number of hydrogen-bond acceptors (Lipinski definition) is 3. The molecule has 2 aromatic rings. The Labute approximate surface area is 105 Å². The van der Waals surface area contributed by atoms with E-state index in [-0.39, 0.29) is 0 Å². The van der Waals surface area contributed by atoms with Crippen LogP contribution in [0.25, 0.3) is 10.9 Å². The third-order valence-corrected chi connectivity index (χ3v) is 3.10. The molecule has 0 unspecified atom stereocenters. The molecule has 0 saturated heterocycles. The fourth-order valence-electron chi connectivity index (χ4n) is 2.16. The minimum absolute atomic E-state index is 0.403. The summed E-state index contributed by atoms with van der Waals surface area (Å²) in [5.74, 6) is -0.566. The molecule has 0 fully saturated rings. The summed E-state index contributed by atoms with van der Waals surface area (Å²) in [5.41, 5.74) is 9.45. The molecule has 0 aliphatic rings. The average Bonchev–Trinajstić information content (AvgIpc) is 2.76. The molecule has 0 radical (unpaired) electrons. The summed E-state index contributed by atoms with van der Waals surface area (Å²) < 4.78 is 2.12. The maximum atomic E-state index is 11.2. The van der Waals surface area contributed by atoms with Crippen LogP contribution in [0.3, 0.4) is 0 Å². The Morgan fingerprint density at radius 3 is 2.89 bits per heavy atom. The van der Waals surface area contributed by atoms with E-state index in [0.29, 0.717) is 6.42 Å². The Bertz CT molecular complexity index is 562. The minimum Gasteiger partial charge on any atom is -0.347 e. The van der Waals surface area contributed by atoms with Gasteiger partial charge in [0, 0.05) is 23.6 Å². The molecule has 0 aliphatic carbocycles. The van der Waals surface area contributed by atoms with Gasteiger partial charge in [-0.25, -0.2) is 5.48 Å². The number of nitrogens with one attached hydrogen (secondary N) is 1. The van der Waals surface area contributed by atoms with Crippen LogP contribution in [-0.4, -0.2) is 21.7 Å². The summed E-state index contributed by atoms with van der Waals surface area (Å²) in [7, 11) is 0. The standard InChI is InChI=1S/C13H17N3O2/c1-2-16-8-9(7-11(14)13(17)15-18)10-5-3-4-6-12(10)16/h3-6,8,11,18H,2,7,14H2,1H3,(H,15,17)/t11-/m0/s1. The van der Waals surface area contributed by atoms with Gasteiger partial charge in [0.1, 0.15) is 0 Å². The summed E-state index contributed by atoms with van der Waals surface area (Å²) in [4.78, 5) is 11.2. The van der Waals surface area contributed by atoms with Crippen molar-refractivity contribution in [1.29, 1.82) is 0 Å².